The molecule has 0 saturated carbocycles. The van der Waals surface area contributed by atoms with Crippen LogP contribution in [0.3, 0.4) is 0 Å². The summed E-state index contributed by atoms with van der Waals surface area (Å²) in [5, 5.41) is 0.575. The van der Waals surface area contributed by atoms with E-state index in [1.165, 1.54) is 6.08 Å². The highest BCUT2D eigenvalue weighted by molar-refractivity contribution is 9.10. The second-order valence-corrected chi connectivity index (χ2v) is 5.03. The van der Waals surface area contributed by atoms with Gasteiger partial charge in [0.05, 0.1) is 4.47 Å². The molecule has 0 atom stereocenters. The first kappa shape index (κ1) is 13.8. The van der Waals surface area contributed by atoms with Crippen molar-refractivity contribution < 1.29 is 9.53 Å². The fraction of sp³-hybridized carbons (Fsp3) is 0. The molecule has 4 heteroatoms. The molecule has 0 radical (unpaired) electrons. The number of hydrogen-bond acceptors (Lipinski definition) is 2. The lowest BCUT2D eigenvalue weighted by molar-refractivity contribution is -0.128. The molecule has 0 unspecified atom stereocenters. The van der Waals surface area contributed by atoms with Gasteiger partial charge in [-0.1, -0.05) is 41.9 Å². The van der Waals surface area contributed by atoms with Crippen LogP contribution in [0.4, 0.5) is 0 Å². The Kier molecular flexibility index (Phi) is 4.77. The number of esters is 1. The van der Waals surface area contributed by atoms with Crippen molar-refractivity contribution in [1.82, 2.24) is 0 Å². The van der Waals surface area contributed by atoms with Gasteiger partial charge in [0, 0.05) is 11.1 Å². The SMILES string of the molecule is O=C(/C=C/c1ccccc1)Oc1ccc(Cl)cc1Br. The van der Waals surface area contributed by atoms with E-state index in [2.05, 4.69) is 15.9 Å². The topological polar surface area (TPSA) is 26.3 Å². The minimum Gasteiger partial charge on any atom is -0.422 e. The van der Waals surface area contributed by atoms with Crippen molar-refractivity contribution in [3.63, 3.8) is 0 Å². The second kappa shape index (κ2) is 6.55. The predicted molar refractivity (Wildman–Crippen MR) is 80.3 cm³/mol. The van der Waals surface area contributed by atoms with Gasteiger partial charge in [-0.2, -0.15) is 0 Å². The molecule has 0 N–H and O–H groups in total. The molecular formula is C15H10BrClO2. The molecule has 2 nitrogen and oxygen atoms in total. The minimum absolute atomic E-state index is 0.437. The molecule has 96 valence electrons. The lowest BCUT2D eigenvalue weighted by Crippen LogP contribution is -2.04. The Morgan fingerprint density at radius 1 is 1.16 bits per heavy atom. The van der Waals surface area contributed by atoms with Crippen molar-refractivity contribution in [2.45, 2.75) is 0 Å². The molecule has 0 spiro atoms. The third kappa shape index (κ3) is 4.23. The van der Waals surface area contributed by atoms with E-state index in [0.717, 1.165) is 5.56 Å². The Labute approximate surface area is 124 Å². The average molecular weight is 338 g/mol. The van der Waals surface area contributed by atoms with Gasteiger partial charge < -0.3 is 4.74 Å². The van der Waals surface area contributed by atoms with Crippen LogP contribution in [0, 0.1) is 0 Å². The van der Waals surface area contributed by atoms with Gasteiger partial charge in [0.25, 0.3) is 0 Å². The molecule has 0 fully saturated rings. The zero-order valence-electron chi connectivity index (χ0n) is 9.85. The second-order valence-electron chi connectivity index (χ2n) is 3.74. The molecule has 0 amide bonds. The van der Waals surface area contributed by atoms with Crippen molar-refractivity contribution in [3.8, 4) is 5.75 Å². The van der Waals surface area contributed by atoms with E-state index in [4.69, 9.17) is 16.3 Å². The van der Waals surface area contributed by atoms with E-state index in [1.54, 1.807) is 24.3 Å². The van der Waals surface area contributed by atoms with Crippen molar-refractivity contribution in [2.75, 3.05) is 0 Å². The van der Waals surface area contributed by atoms with Crippen LogP contribution in [0.15, 0.2) is 59.1 Å². The molecule has 0 aliphatic rings. The highest BCUT2D eigenvalue weighted by atomic mass is 79.9. The molecular weight excluding hydrogens is 328 g/mol. The number of hydrogen-bond donors (Lipinski definition) is 0. The molecule has 2 rings (SSSR count). The Balaban J connectivity index is 2.04. The molecule has 0 heterocycles. The number of carbonyl (C=O) groups excluding carboxylic acids is 1. The smallest absolute Gasteiger partial charge is 0.336 e. The largest absolute Gasteiger partial charge is 0.422 e. The van der Waals surface area contributed by atoms with Gasteiger partial charge in [-0.05, 0) is 45.8 Å². The minimum atomic E-state index is -0.438. The Morgan fingerprint density at radius 2 is 1.89 bits per heavy atom. The van der Waals surface area contributed by atoms with Crippen LogP contribution in [-0.2, 0) is 4.79 Å². The Hall–Kier alpha value is -1.58. The molecule has 0 aliphatic carbocycles. The number of benzene rings is 2. The maximum atomic E-state index is 11.7. The highest BCUT2D eigenvalue weighted by Gasteiger charge is 2.05. The van der Waals surface area contributed by atoms with Gasteiger partial charge in [-0.15, -0.1) is 0 Å². The number of rotatable bonds is 3. The van der Waals surface area contributed by atoms with Crippen LogP contribution in [-0.4, -0.2) is 5.97 Å². The van der Waals surface area contributed by atoms with E-state index < -0.39 is 5.97 Å². The molecule has 2 aromatic rings. The monoisotopic (exact) mass is 336 g/mol. The summed E-state index contributed by atoms with van der Waals surface area (Å²) >= 11 is 9.10. The van der Waals surface area contributed by atoms with Crippen molar-refractivity contribution in [1.29, 1.82) is 0 Å². The Bertz CT molecular complexity index is 609. The van der Waals surface area contributed by atoms with Crippen molar-refractivity contribution >= 4 is 39.6 Å². The van der Waals surface area contributed by atoms with E-state index >= 15 is 0 Å². The zero-order valence-corrected chi connectivity index (χ0v) is 12.2. The first-order chi connectivity index (χ1) is 9.15. The molecule has 0 saturated heterocycles. The normalized spacial score (nSPS) is 10.6. The highest BCUT2D eigenvalue weighted by Crippen LogP contribution is 2.28. The summed E-state index contributed by atoms with van der Waals surface area (Å²) in [4.78, 5) is 11.7. The van der Waals surface area contributed by atoms with Gasteiger partial charge >= 0.3 is 5.97 Å². The van der Waals surface area contributed by atoms with E-state index in [1.807, 2.05) is 30.3 Å². The van der Waals surface area contributed by atoms with Crippen LogP contribution in [0.2, 0.25) is 5.02 Å². The zero-order chi connectivity index (χ0) is 13.7. The molecule has 0 bridgehead atoms. The van der Waals surface area contributed by atoms with E-state index in [9.17, 15) is 4.79 Å². The van der Waals surface area contributed by atoms with Crippen molar-refractivity contribution in [3.05, 3.63) is 69.7 Å². The van der Waals surface area contributed by atoms with Crippen LogP contribution >= 0.6 is 27.5 Å². The van der Waals surface area contributed by atoms with Crippen LogP contribution in [0.1, 0.15) is 5.56 Å². The van der Waals surface area contributed by atoms with Crippen LogP contribution in [0.25, 0.3) is 6.08 Å². The van der Waals surface area contributed by atoms with Gasteiger partial charge in [0.1, 0.15) is 5.75 Å². The summed E-state index contributed by atoms with van der Waals surface area (Å²) in [6, 6.07) is 14.5. The van der Waals surface area contributed by atoms with E-state index in [-0.39, 0.29) is 0 Å². The maximum absolute atomic E-state index is 11.7. The first-order valence-corrected chi connectivity index (χ1v) is 6.72. The summed E-state index contributed by atoms with van der Waals surface area (Å²) in [5.74, 6) is -0.000938. The quantitative estimate of drug-likeness (QED) is 0.460. The summed E-state index contributed by atoms with van der Waals surface area (Å²) in [7, 11) is 0. The van der Waals surface area contributed by atoms with Gasteiger partial charge in [0.2, 0.25) is 0 Å². The molecule has 2 aromatic carbocycles. The van der Waals surface area contributed by atoms with Crippen LogP contribution < -0.4 is 4.74 Å². The fourth-order valence-corrected chi connectivity index (χ4v) is 2.19. The standard InChI is InChI=1S/C15H10BrClO2/c16-13-10-12(17)7-8-14(13)19-15(18)9-6-11-4-2-1-3-5-11/h1-10H/b9-6+. The summed E-state index contributed by atoms with van der Waals surface area (Å²) in [5.41, 5.74) is 0.939. The summed E-state index contributed by atoms with van der Waals surface area (Å²) < 4.78 is 5.83. The van der Waals surface area contributed by atoms with Gasteiger partial charge in [-0.3, -0.25) is 0 Å². The lowest BCUT2D eigenvalue weighted by atomic mass is 10.2. The first-order valence-electron chi connectivity index (χ1n) is 5.55. The summed E-state index contributed by atoms with van der Waals surface area (Å²) in [6.45, 7) is 0. The van der Waals surface area contributed by atoms with Gasteiger partial charge in [-0.25, -0.2) is 4.79 Å². The fourth-order valence-electron chi connectivity index (χ4n) is 1.43. The number of ether oxygens (including phenoxy) is 1. The molecule has 0 aromatic heterocycles. The van der Waals surface area contributed by atoms with Crippen molar-refractivity contribution in [2.24, 2.45) is 0 Å². The maximum Gasteiger partial charge on any atom is 0.336 e. The third-order valence-corrected chi connectivity index (χ3v) is 3.17. The number of carbonyl (C=O) groups is 1. The molecule has 19 heavy (non-hydrogen) atoms. The third-order valence-electron chi connectivity index (χ3n) is 2.32. The van der Waals surface area contributed by atoms with Crippen LogP contribution in [0.5, 0.6) is 5.75 Å². The average Bonchev–Trinajstić information content (AvgIpc) is 2.41. The predicted octanol–water partition coefficient (Wildman–Crippen LogP) is 4.72. The van der Waals surface area contributed by atoms with E-state index in [0.29, 0.717) is 15.2 Å². The van der Waals surface area contributed by atoms with Gasteiger partial charge in [0.15, 0.2) is 0 Å². The molecule has 0 aliphatic heterocycles. The summed E-state index contributed by atoms with van der Waals surface area (Å²) in [6.07, 6.45) is 3.09. The Morgan fingerprint density at radius 3 is 2.58 bits per heavy atom. The number of halogens is 2. The lowest BCUT2D eigenvalue weighted by Gasteiger charge is -2.04.